The molecule has 0 aliphatic carbocycles. The third-order valence-electron chi connectivity index (χ3n) is 3.09. The van der Waals surface area contributed by atoms with Crippen molar-refractivity contribution in [3.05, 3.63) is 63.3 Å². The molecule has 0 aliphatic rings. The lowest BCUT2D eigenvalue weighted by Crippen LogP contribution is -2.20. The maximum atomic E-state index is 12.0. The van der Waals surface area contributed by atoms with Crippen molar-refractivity contribution in [1.82, 2.24) is 9.97 Å². The molecule has 0 amide bonds. The lowest BCUT2D eigenvalue weighted by Gasteiger charge is -2.09. The molecule has 0 radical (unpaired) electrons. The molecular weight excluding hydrogens is 236 g/mol. The Morgan fingerprint density at radius 2 is 1.89 bits per heavy atom. The second-order valence-corrected chi connectivity index (χ2v) is 5.34. The molecule has 1 aromatic heterocycles. The van der Waals surface area contributed by atoms with E-state index in [4.69, 9.17) is 0 Å². The van der Waals surface area contributed by atoms with Gasteiger partial charge < -0.3 is 4.98 Å². The molecule has 0 spiro atoms. The second kappa shape index (κ2) is 5.83. The summed E-state index contributed by atoms with van der Waals surface area (Å²) in [4.78, 5) is 19.4. The van der Waals surface area contributed by atoms with Gasteiger partial charge in [-0.15, -0.1) is 0 Å². The van der Waals surface area contributed by atoms with Gasteiger partial charge in [-0.2, -0.15) is 0 Å². The molecule has 19 heavy (non-hydrogen) atoms. The highest BCUT2D eigenvalue weighted by Crippen LogP contribution is 2.10. The summed E-state index contributed by atoms with van der Waals surface area (Å²) < 4.78 is 0. The maximum absolute atomic E-state index is 12.0. The Kier molecular flexibility index (Phi) is 4.15. The van der Waals surface area contributed by atoms with E-state index in [1.165, 1.54) is 5.56 Å². The highest BCUT2D eigenvalue weighted by atomic mass is 16.1. The van der Waals surface area contributed by atoms with Crippen LogP contribution in [0, 0.1) is 12.8 Å². The first-order valence-corrected chi connectivity index (χ1v) is 6.69. The smallest absolute Gasteiger partial charge is 0.269 e. The molecule has 0 bridgehead atoms. The SMILES string of the molecule is Cc1nc(CC(C)C)c(=O)[nH]c1Cc1ccccc1. The predicted molar refractivity (Wildman–Crippen MR) is 77.4 cm³/mol. The van der Waals surface area contributed by atoms with Crippen LogP contribution in [0.5, 0.6) is 0 Å². The molecule has 0 unspecified atom stereocenters. The number of hydrogen-bond donors (Lipinski definition) is 1. The Balaban J connectivity index is 2.28. The van der Waals surface area contributed by atoms with Crippen molar-refractivity contribution >= 4 is 0 Å². The highest BCUT2D eigenvalue weighted by molar-refractivity contribution is 5.24. The lowest BCUT2D eigenvalue weighted by atomic mass is 10.1. The van der Waals surface area contributed by atoms with Crippen molar-refractivity contribution in [2.24, 2.45) is 5.92 Å². The molecular formula is C16H20N2O. The van der Waals surface area contributed by atoms with Gasteiger partial charge in [-0.3, -0.25) is 9.78 Å². The van der Waals surface area contributed by atoms with Gasteiger partial charge >= 0.3 is 0 Å². The molecule has 100 valence electrons. The predicted octanol–water partition coefficient (Wildman–Crippen LogP) is 2.87. The fourth-order valence-corrected chi connectivity index (χ4v) is 2.12. The minimum Gasteiger partial charge on any atom is -0.323 e. The fourth-order valence-electron chi connectivity index (χ4n) is 2.12. The molecule has 0 fully saturated rings. The number of nitrogens with zero attached hydrogens (tertiary/aromatic N) is 1. The first-order chi connectivity index (χ1) is 9.06. The molecule has 2 aromatic rings. The summed E-state index contributed by atoms with van der Waals surface area (Å²) in [7, 11) is 0. The van der Waals surface area contributed by atoms with Gasteiger partial charge in [0.1, 0.15) is 5.69 Å². The Morgan fingerprint density at radius 1 is 1.21 bits per heavy atom. The zero-order chi connectivity index (χ0) is 13.8. The van der Waals surface area contributed by atoms with Crippen LogP contribution in [0.2, 0.25) is 0 Å². The summed E-state index contributed by atoms with van der Waals surface area (Å²) in [5, 5.41) is 0. The number of hydrogen-bond acceptors (Lipinski definition) is 2. The van der Waals surface area contributed by atoms with E-state index in [0.29, 0.717) is 11.6 Å². The number of rotatable bonds is 4. The zero-order valence-corrected chi connectivity index (χ0v) is 11.7. The molecule has 3 nitrogen and oxygen atoms in total. The first kappa shape index (κ1) is 13.5. The summed E-state index contributed by atoms with van der Waals surface area (Å²) in [6.45, 7) is 6.14. The van der Waals surface area contributed by atoms with Crippen molar-refractivity contribution in [2.75, 3.05) is 0 Å². The van der Waals surface area contributed by atoms with Gasteiger partial charge in [-0.1, -0.05) is 44.2 Å². The van der Waals surface area contributed by atoms with Gasteiger partial charge in [-0.05, 0) is 24.8 Å². The normalized spacial score (nSPS) is 10.9. The van der Waals surface area contributed by atoms with E-state index in [1.807, 2.05) is 25.1 Å². The fraction of sp³-hybridized carbons (Fsp3) is 0.375. The standard InChI is InChI=1S/C16H20N2O/c1-11(2)9-15-16(19)18-14(12(3)17-15)10-13-7-5-4-6-8-13/h4-8,11H,9-10H2,1-3H3,(H,18,19). The number of aromatic amines is 1. The zero-order valence-electron chi connectivity index (χ0n) is 11.7. The van der Waals surface area contributed by atoms with Crippen LogP contribution in [0.25, 0.3) is 0 Å². The van der Waals surface area contributed by atoms with Crippen LogP contribution < -0.4 is 5.56 Å². The number of aryl methyl sites for hydroxylation is 1. The van der Waals surface area contributed by atoms with Crippen LogP contribution in [0.3, 0.4) is 0 Å². The quantitative estimate of drug-likeness (QED) is 0.914. The monoisotopic (exact) mass is 256 g/mol. The van der Waals surface area contributed by atoms with Gasteiger partial charge in [0.2, 0.25) is 0 Å². The van der Waals surface area contributed by atoms with Gasteiger partial charge in [0.25, 0.3) is 5.56 Å². The third-order valence-corrected chi connectivity index (χ3v) is 3.09. The average Bonchev–Trinajstić information content (AvgIpc) is 2.36. The molecule has 0 aliphatic heterocycles. The van der Waals surface area contributed by atoms with Crippen LogP contribution in [-0.4, -0.2) is 9.97 Å². The summed E-state index contributed by atoms with van der Waals surface area (Å²) in [6, 6.07) is 10.1. The second-order valence-electron chi connectivity index (χ2n) is 5.34. The molecule has 1 aromatic carbocycles. The Hall–Kier alpha value is -1.90. The van der Waals surface area contributed by atoms with E-state index in [1.54, 1.807) is 0 Å². The van der Waals surface area contributed by atoms with Crippen LogP contribution in [-0.2, 0) is 12.8 Å². The van der Waals surface area contributed by atoms with Crippen molar-refractivity contribution in [3.8, 4) is 0 Å². The number of nitrogens with one attached hydrogen (secondary N) is 1. The van der Waals surface area contributed by atoms with Crippen molar-refractivity contribution in [3.63, 3.8) is 0 Å². The van der Waals surface area contributed by atoms with Crippen LogP contribution >= 0.6 is 0 Å². The molecule has 3 heteroatoms. The van der Waals surface area contributed by atoms with Crippen LogP contribution in [0.4, 0.5) is 0 Å². The Morgan fingerprint density at radius 3 is 2.53 bits per heavy atom. The summed E-state index contributed by atoms with van der Waals surface area (Å²) >= 11 is 0. The molecule has 1 heterocycles. The van der Waals surface area contributed by atoms with Crippen LogP contribution in [0.1, 0.15) is 36.5 Å². The van der Waals surface area contributed by atoms with E-state index >= 15 is 0 Å². The van der Waals surface area contributed by atoms with E-state index in [0.717, 1.165) is 24.2 Å². The van der Waals surface area contributed by atoms with Gasteiger partial charge in [0, 0.05) is 12.1 Å². The van der Waals surface area contributed by atoms with Crippen LogP contribution in [0.15, 0.2) is 35.1 Å². The molecule has 1 N–H and O–H groups in total. The minimum atomic E-state index is -0.0507. The molecule has 0 saturated carbocycles. The topological polar surface area (TPSA) is 45.8 Å². The van der Waals surface area contributed by atoms with Crippen molar-refractivity contribution in [2.45, 2.75) is 33.6 Å². The molecule has 2 rings (SSSR count). The molecule has 0 atom stereocenters. The maximum Gasteiger partial charge on any atom is 0.269 e. The van der Waals surface area contributed by atoms with E-state index in [9.17, 15) is 4.79 Å². The van der Waals surface area contributed by atoms with Crippen molar-refractivity contribution < 1.29 is 0 Å². The Bertz CT molecular complexity index is 600. The highest BCUT2D eigenvalue weighted by Gasteiger charge is 2.09. The largest absolute Gasteiger partial charge is 0.323 e. The first-order valence-electron chi connectivity index (χ1n) is 6.69. The Labute approximate surface area is 113 Å². The number of aromatic nitrogens is 2. The minimum absolute atomic E-state index is 0.0507. The summed E-state index contributed by atoms with van der Waals surface area (Å²) in [5.41, 5.74) is 3.59. The van der Waals surface area contributed by atoms with E-state index < -0.39 is 0 Å². The molecule has 0 saturated heterocycles. The average molecular weight is 256 g/mol. The van der Waals surface area contributed by atoms with Gasteiger partial charge in [-0.25, -0.2) is 0 Å². The lowest BCUT2D eigenvalue weighted by molar-refractivity contribution is 0.625. The van der Waals surface area contributed by atoms with E-state index in [-0.39, 0.29) is 5.56 Å². The summed E-state index contributed by atoms with van der Waals surface area (Å²) in [6.07, 6.45) is 1.44. The van der Waals surface area contributed by atoms with Gasteiger partial charge in [0.05, 0.1) is 5.69 Å². The third kappa shape index (κ3) is 3.53. The van der Waals surface area contributed by atoms with Crippen molar-refractivity contribution in [1.29, 1.82) is 0 Å². The van der Waals surface area contributed by atoms with Gasteiger partial charge in [0.15, 0.2) is 0 Å². The summed E-state index contributed by atoms with van der Waals surface area (Å²) in [5.74, 6) is 0.438. The number of benzene rings is 1. The number of H-pyrrole nitrogens is 1. The van der Waals surface area contributed by atoms with E-state index in [2.05, 4.69) is 35.9 Å².